The smallest absolute Gasteiger partial charge is 0.234 e. The van der Waals surface area contributed by atoms with Crippen molar-refractivity contribution in [1.82, 2.24) is 0 Å². The minimum atomic E-state index is -0.479. The van der Waals surface area contributed by atoms with E-state index in [0.29, 0.717) is 14.9 Å². The molecule has 2 heterocycles. The van der Waals surface area contributed by atoms with Crippen LogP contribution in [0.25, 0.3) is 0 Å². The molecule has 0 radical (unpaired) electrons. The number of rotatable bonds is 1. The second-order valence-corrected chi connectivity index (χ2v) is 4.11. The zero-order valence-corrected chi connectivity index (χ0v) is 9.31. The molecule has 1 aromatic rings. The topological polar surface area (TPSA) is 53.2 Å². The first-order chi connectivity index (χ1) is 7.16. The number of carbonyl (C=O) groups excluding carboxylic acids is 1. The molecule has 0 unspecified atom stereocenters. The average Bonchev–Trinajstić information content (AvgIpc) is 2.17. The molecule has 0 aliphatic carbocycles. The van der Waals surface area contributed by atoms with E-state index in [-0.39, 0.29) is 12.2 Å². The molecular weight excluding hydrogens is 262 g/mol. The second kappa shape index (κ2) is 4.02. The Hall–Kier alpha value is -1.36. The SMILES string of the molecule is O=C1C=CO[C@H](c2ccc(Br)c[n+]2[O-])C1. The van der Waals surface area contributed by atoms with Crippen LogP contribution >= 0.6 is 15.9 Å². The molecule has 15 heavy (non-hydrogen) atoms. The number of halogens is 1. The Balaban J connectivity index is 2.30. The monoisotopic (exact) mass is 269 g/mol. The Morgan fingerprint density at radius 1 is 1.53 bits per heavy atom. The zero-order valence-electron chi connectivity index (χ0n) is 7.72. The highest BCUT2D eigenvalue weighted by Crippen LogP contribution is 2.23. The number of nitrogens with zero attached hydrogens (tertiary/aromatic N) is 1. The molecular formula is C10H8BrNO3. The van der Waals surface area contributed by atoms with E-state index in [0.717, 1.165) is 0 Å². The third-order valence-corrected chi connectivity index (χ3v) is 2.59. The van der Waals surface area contributed by atoms with Gasteiger partial charge in [-0.25, -0.2) is 0 Å². The summed E-state index contributed by atoms with van der Waals surface area (Å²) in [7, 11) is 0. The van der Waals surface area contributed by atoms with Crippen molar-refractivity contribution in [1.29, 1.82) is 0 Å². The van der Waals surface area contributed by atoms with Crippen LogP contribution in [0.15, 0.2) is 35.1 Å². The fraction of sp³-hybridized carbons (Fsp3) is 0.200. The standard InChI is InChI=1S/C10H8BrNO3/c11-7-1-2-9(12(14)6-7)10-5-8(13)3-4-15-10/h1-4,6,10H,5H2/t10-/m0/s1. The first-order valence-corrected chi connectivity index (χ1v) is 5.19. The highest BCUT2D eigenvalue weighted by molar-refractivity contribution is 9.10. The number of pyridine rings is 1. The summed E-state index contributed by atoms with van der Waals surface area (Å²) in [5.41, 5.74) is 0.441. The van der Waals surface area contributed by atoms with Gasteiger partial charge in [-0.3, -0.25) is 4.79 Å². The predicted molar refractivity (Wildman–Crippen MR) is 55.7 cm³/mol. The van der Waals surface area contributed by atoms with E-state index in [1.807, 2.05) is 0 Å². The Morgan fingerprint density at radius 3 is 3.00 bits per heavy atom. The lowest BCUT2D eigenvalue weighted by atomic mass is 10.1. The molecule has 0 aromatic carbocycles. The van der Waals surface area contributed by atoms with Gasteiger partial charge in [-0.15, -0.1) is 0 Å². The molecule has 1 aliphatic rings. The fourth-order valence-electron chi connectivity index (χ4n) is 1.40. The van der Waals surface area contributed by atoms with Crippen LogP contribution in [0.2, 0.25) is 0 Å². The molecule has 0 spiro atoms. The van der Waals surface area contributed by atoms with Gasteiger partial charge in [0.25, 0.3) is 0 Å². The lowest BCUT2D eigenvalue weighted by molar-refractivity contribution is -0.619. The Kier molecular flexibility index (Phi) is 2.73. The minimum Gasteiger partial charge on any atom is -0.618 e. The molecule has 0 fully saturated rings. The Morgan fingerprint density at radius 2 is 2.33 bits per heavy atom. The van der Waals surface area contributed by atoms with Crippen LogP contribution in [0.3, 0.4) is 0 Å². The summed E-state index contributed by atoms with van der Waals surface area (Å²) >= 11 is 3.19. The molecule has 0 saturated heterocycles. The Labute approximate surface area is 94.9 Å². The lowest BCUT2D eigenvalue weighted by Gasteiger charge is -2.17. The number of hydrogen-bond donors (Lipinski definition) is 0. The molecule has 4 nitrogen and oxygen atoms in total. The highest BCUT2D eigenvalue weighted by Gasteiger charge is 2.25. The minimum absolute atomic E-state index is 0.0332. The van der Waals surface area contributed by atoms with Crippen LogP contribution in [0.5, 0.6) is 0 Å². The van der Waals surface area contributed by atoms with Crippen LogP contribution in [-0.4, -0.2) is 5.78 Å². The number of carbonyl (C=O) groups is 1. The van der Waals surface area contributed by atoms with Crippen molar-refractivity contribution >= 4 is 21.7 Å². The van der Waals surface area contributed by atoms with Gasteiger partial charge in [0.15, 0.2) is 18.1 Å². The van der Waals surface area contributed by atoms with Crippen molar-refractivity contribution in [2.75, 3.05) is 0 Å². The van der Waals surface area contributed by atoms with Crippen LogP contribution in [0, 0.1) is 5.21 Å². The third kappa shape index (κ3) is 2.18. The van der Waals surface area contributed by atoms with Crippen molar-refractivity contribution in [2.45, 2.75) is 12.5 Å². The van der Waals surface area contributed by atoms with E-state index in [4.69, 9.17) is 4.74 Å². The van der Waals surface area contributed by atoms with E-state index in [2.05, 4.69) is 15.9 Å². The first-order valence-electron chi connectivity index (χ1n) is 4.40. The maximum Gasteiger partial charge on any atom is 0.234 e. The van der Waals surface area contributed by atoms with E-state index in [1.165, 1.54) is 18.5 Å². The molecule has 2 rings (SSSR count). The molecule has 5 heteroatoms. The molecule has 78 valence electrons. The normalized spacial score (nSPS) is 20.1. The van der Waals surface area contributed by atoms with Gasteiger partial charge in [0.1, 0.15) is 0 Å². The van der Waals surface area contributed by atoms with Crippen molar-refractivity contribution in [3.63, 3.8) is 0 Å². The van der Waals surface area contributed by atoms with Crippen LogP contribution in [0.4, 0.5) is 0 Å². The van der Waals surface area contributed by atoms with Crippen molar-refractivity contribution in [2.24, 2.45) is 0 Å². The van der Waals surface area contributed by atoms with Gasteiger partial charge in [0.05, 0.1) is 17.2 Å². The van der Waals surface area contributed by atoms with E-state index in [9.17, 15) is 10.0 Å². The van der Waals surface area contributed by atoms with Gasteiger partial charge < -0.3 is 9.94 Å². The van der Waals surface area contributed by atoms with E-state index >= 15 is 0 Å². The second-order valence-electron chi connectivity index (χ2n) is 3.20. The van der Waals surface area contributed by atoms with Gasteiger partial charge in [-0.1, -0.05) is 0 Å². The summed E-state index contributed by atoms with van der Waals surface area (Å²) in [4.78, 5) is 11.1. The zero-order chi connectivity index (χ0) is 10.8. The summed E-state index contributed by atoms with van der Waals surface area (Å²) in [6, 6.07) is 3.39. The number of allylic oxidation sites excluding steroid dienone is 1. The summed E-state index contributed by atoms with van der Waals surface area (Å²) < 4.78 is 6.62. The third-order valence-electron chi connectivity index (χ3n) is 2.12. The average molecular weight is 270 g/mol. The number of ether oxygens (including phenoxy) is 1. The summed E-state index contributed by atoms with van der Waals surface area (Å²) in [5, 5.41) is 11.5. The molecule has 1 atom stereocenters. The molecule has 1 aliphatic heterocycles. The maximum atomic E-state index is 11.5. The van der Waals surface area contributed by atoms with Crippen LogP contribution in [-0.2, 0) is 9.53 Å². The maximum absolute atomic E-state index is 11.5. The molecule has 0 saturated carbocycles. The molecule has 0 N–H and O–H groups in total. The largest absolute Gasteiger partial charge is 0.618 e. The Bertz CT molecular complexity index is 431. The van der Waals surface area contributed by atoms with E-state index < -0.39 is 6.10 Å². The van der Waals surface area contributed by atoms with Gasteiger partial charge in [-0.05, 0) is 22.0 Å². The van der Waals surface area contributed by atoms with Crippen molar-refractivity contribution < 1.29 is 14.3 Å². The molecule has 0 bridgehead atoms. The summed E-state index contributed by atoms with van der Waals surface area (Å²) in [6.07, 6.45) is 3.82. The number of hydrogen-bond acceptors (Lipinski definition) is 3. The van der Waals surface area contributed by atoms with Gasteiger partial charge in [-0.2, -0.15) is 4.73 Å². The van der Waals surface area contributed by atoms with Gasteiger partial charge in [0, 0.05) is 12.1 Å². The van der Waals surface area contributed by atoms with Gasteiger partial charge in [0.2, 0.25) is 5.69 Å². The quantitative estimate of drug-likeness (QED) is 0.575. The predicted octanol–water partition coefficient (Wildman–Crippen LogP) is 1.63. The summed E-state index contributed by atoms with van der Waals surface area (Å²) in [5.74, 6) is -0.0332. The molecule has 0 amide bonds. The van der Waals surface area contributed by atoms with Crippen LogP contribution < -0.4 is 4.73 Å². The lowest BCUT2D eigenvalue weighted by Crippen LogP contribution is -2.34. The number of aromatic nitrogens is 1. The van der Waals surface area contributed by atoms with Crippen molar-refractivity contribution in [3.8, 4) is 0 Å². The number of ketones is 1. The van der Waals surface area contributed by atoms with Crippen LogP contribution in [0.1, 0.15) is 18.2 Å². The van der Waals surface area contributed by atoms with Crippen molar-refractivity contribution in [3.05, 3.63) is 46.0 Å². The highest BCUT2D eigenvalue weighted by atomic mass is 79.9. The van der Waals surface area contributed by atoms with Gasteiger partial charge >= 0.3 is 0 Å². The fourth-order valence-corrected chi connectivity index (χ4v) is 1.72. The van der Waals surface area contributed by atoms with E-state index in [1.54, 1.807) is 12.1 Å². The summed E-state index contributed by atoms with van der Waals surface area (Å²) in [6.45, 7) is 0. The molecule has 1 aromatic heterocycles. The first kappa shape index (κ1) is 10.2.